The van der Waals surface area contributed by atoms with E-state index in [4.69, 9.17) is 4.74 Å². The van der Waals surface area contributed by atoms with E-state index in [2.05, 4.69) is 11.9 Å². The average molecular weight is 276 g/mol. The third-order valence-corrected chi connectivity index (χ3v) is 4.42. The van der Waals surface area contributed by atoms with Gasteiger partial charge in [-0.25, -0.2) is 9.78 Å². The van der Waals surface area contributed by atoms with Crippen LogP contribution in [0.5, 0.6) is 5.88 Å². The van der Waals surface area contributed by atoms with E-state index in [1.807, 2.05) is 12.1 Å². The van der Waals surface area contributed by atoms with E-state index in [1.54, 1.807) is 11.1 Å². The van der Waals surface area contributed by atoms with Gasteiger partial charge in [-0.15, -0.1) is 0 Å². The fourth-order valence-corrected chi connectivity index (χ4v) is 3.49. The molecular weight excluding hydrogens is 256 g/mol. The zero-order valence-corrected chi connectivity index (χ0v) is 11.7. The van der Waals surface area contributed by atoms with E-state index in [0.717, 1.165) is 37.7 Å². The number of carboxylic acid groups (broad SMARTS) is 1. The number of fused-ring (bicyclic) bond motifs is 2. The monoisotopic (exact) mass is 276 g/mol. The van der Waals surface area contributed by atoms with Gasteiger partial charge in [-0.2, -0.15) is 0 Å². The smallest absolute Gasteiger partial charge is 0.407 e. The van der Waals surface area contributed by atoms with Crippen LogP contribution in [-0.2, 0) is 6.42 Å². The minimum absolute atomic E-state index is 0.0864. The molecule has 0 aliphatic carbocycles. The largest absolute Gasteiger partial charge is 0.474 e. The number of carbonyl (C=O) groups is 1. The van der Waals surface area contributed by atoms with Crippen LogP contribution in [0.2, 0.25) is 0 Å². The highest BCUT2D eigenvalue weighted by Gasteiger charge is 2.44. The minimum atomic E-state index is -0.789. The van der Waals surface area contributed by atoms with Crippen LogP contribution in [0.4, 0.5) is 4.79 Å². The van der Waals surface area contributed by atoms with Crippen LogP contribution in [0.15, 0.2) is 18.3 Å². The molecule has 0 saturated carbocycles. The second kappa shape index (κ2) is 5.31. The first kappa shape index (κ1) is 13.2. The van der Waals surface area contributed by atoms with Crippen LogP contribution in [0, 0.1) is 0 Å². The molecule has 0 radical (unpaired) electrons. The molecule has 3 heterocycles. The van der Waals surface area contributed by atoms with Gasteiger partial charge in [0.1, 0.15) is 6.10 Å². The number of nitrogens with zero attached hydrogens (tertiary/aromatic N) is 2. The number of aromatic nitrogens is 1. The van der Waals surface area contributed by atoms with Gasteiger partial charge in [-0.05, 0) is 25.3 Å². The summed E-state index contributed by atoms with van der Waals surface area (Å²) in [5.41, 5.74) is 1.11. The summed E-state index contributed by atoms with van der Waals surface area (Å²) in [5.74, 6) is 0.711. The van der Waals surface area contributed by atoms with E-state index in [1.165, 1.54) is 0 Å². The Morgan fingerprint density at radius 1 is 1.45 bits per heavy atom. The number of piperidine rings is 1. The Morgan fingerprint density at radius 2 is 2.15 bits per heavy atom. The molecule has 1 unspecified atom stereocenters. The molecule has 1 aromatic rings. The summed E-state index contributed by atoms with van der Waals surface area (Å²) in [7, 11) is 0. The van der Waals surface area contributed by atoms with Crippen molar-refractivity contribution in [1.29, 1.82) is 0 Å². The maximum Gasteiger partial charge on any atom is 0.407 e. The number of rotatable bonds is 3. The second-order valence-corrected chi connectivity index (χ2v) is 5.61. The quantitative estimate of drug-likeness (QED) is 0.922. The van der Waals surface area contributed by atoms with Crippen LogP contribution < -0.4 is 4.74 Å². The van der Waals surface area contributed by atoms with Crippen LogP contribution in [0.1, 0.15) is 38.2 Å². The molecule has 2 bridgehead atoms. The van der Waals surface area contributed by atoms with Crippen molar-refractivity contribution in [2.75, 3.05) is 0 Å². The summed E-state index contributed by atoms with van der Waals surface area (Å²) in [6.45, 7) is 2.08. The third kappa shape index (κ3) is 2.32. The molecule has 0 spiro atoms. The lowest BCUT2D eigenvalue weighted by molar-refractivity contribution is 0.0472. The van der Waals surface area contributed by atoms with E-state index >= 15 is 0 Å². The predicted octanol–water partition coefficient (Wildman–Crippen LogP) is 2.70. The van der Waals surface area contributed by atoms with Gasteiger partial charge in [0.05, 0.1) is 0 Å². The molecular formula is C15H20N2O3. The van der Waals surface area contributed by atoms with Gasteiger partial charge in [-0.3, -0.25) is 0 Å². The van der Waals surface area contributed by atoms with Crippen LogP contribution in [-0.4, -0.2) is 39.3 Å². The fourth-order valence-electron chi connectivity index (χ4n) is 3.49. The van der Waals surface area contributed by atoms with Crippen LogP contribution in [0.3, 0.4) is 0 Å². The average Bonchev–Trinajstić information content (AvgIpc) is 2.72. The Bertz CT molecular complexity index is 492. The Balaban J connectivity index is 1.71. The highest BCUT2D eigenvalue weighted by atomic mass is 16.5. The summed E-state index contributed by atoms with van der Waals surface area (Å²) in [6.07, 6.45) is 5.41. The van der Waals surface area contributed by atoms with Crippen molar-refractivity contribution in [3.05, 3.63) is 23.9 Å². The molecule has 2 aliphatic rings. The molecule has 3 rings (SSSR count). The summed E-state index contributed by atoms with van der Waals surface area (Å²) in [6, 6.07) is 4.18. The third-order valence-electron chi connectivity index (χ3n) is 4.42. The number of ether oxygens (including phenoxy) is 1. The van der Waals surface area contributed by atoms with Gasteiger partial charge in [0, 0.05) is 36.7 Å². The first-order valence-corrected chi connectivity index (χ1v) is 7.30. The van der Waals surface area contributed by atoms with Gasteiger partial charge < -0.3 is 14.7 Å². The van der Waals surface area contributed by atoms with Crippen molar-refractivity contribution in [2.24, 2.45) is 0 Å². The first-order chi connectivity index (χ1) is 9.69. The van der Waals surface area contributed by atoms with Gasteiger partial charge in [-0.1, -0.05) is 13.0 Å². The Hall–Kier alpha value is -1.78. The maximum atomic E-state index is 11.3. The standard InChI is InChI=1S/C15H20N2O3/c1-2-10-4-3-7-16-14(10)20-13-8-11-5-6-12(9-13)17(11)15(18)19/h3-4,7,11-13H,2,5-6,8-9H2,1H3,(H,18,19)/t11-,12+,13?. The highest BCUT2D eigenvalue weighted by molar-refractivity contribution is 5.66. The Kier molecular flexibility index (Phi) is 3.51. The predicted molar refractivity (Wildman–Crippen MR) is 73.9 cm³/mol. The first-order valence-electron chi connectivity index (χ1n) is 7.30. The lowest BCUT2D eigenvalue weighted by atomic mass is 10.0. The molecule has 1 aromatic heterocycles. The summed E-state index contributed by atoms with van der Waals surface area (Å²) in [4.78, 5) is 17.2. The van der Waals surface area contributed by atoms with E-state index < -0.39 is 6.09 Å². The zero-order valence-electron chi connectivity index (χ0n) is 11.7. The SMILES string of the molecule is CCc1cccnc1OC1C[C@H]2CC[C@@H](C1)N2C(=O)O. The van der Waals surface area contributed by atoms with Crippen molar-refractivity contribution in [2.45, 2.75) is 57.2 Å². The van der Waals surface area contributed by atoms with Crippen molar-refractivity contribution in [3.8, 4) is 5.88 Å². The second-order valence-electron chi connectivity index (χ2n) is 5.61. The molecule has 2 fully saturated rings. The fraction of sp³-hybridized carbons (Fsp3) is 0.600. The van der Waals surface area contributed by atoms with Gasteiger partial charge >= 0.3 is 6.09 Å². The molecule has 5 heteroatoms. The minimum Gasteiger partial charge on any atom is -0.474 e. The summed E-state index contributed by atoms with van der Waals surface area (Å²) >= 11 is 0. The zero-order chi connectivity index (χ0) is 14.1. The lowest BCUT2D eigenvalue weighted by Gasteiger charge is -2.36. The number of aryl methyl sites for hydroxylation is 1. The Morgan fingerprint density at radius 3 is 2.75 bits per heavy atom. The van der Waals surface area contributed by atoms with Crippen LogP contribution in [0.25, 0.3) is 0 Å². The van der Waals surface area contributed by atoms with Gasteiger partial charge in [0.2, 0.25) is 5.88 Å². The summed E-state index contributed by atoms with van der Waals surface area (Å²) < 4.78 is 6.06. The van der Waals surface area contributed by atoms with Crippen molar-refractivity contribution in [3.63, 3.8) is 0 Å². The lowest BCUT2D eigenvalue weighted by Crippen LogP contribution is -2.48. The van der Waals surface area contributed by atoms with E-state index in [9.17, 15) is 9.90 Å². The van der Waals surface area contributed by atoms with E-state index in [-0.39, 0.29) is 18.2 Å². The molecule has 2 saturated heterocycles. The normalized spacial score (nSPS) is 28.4. The van der Waals surface area contributed by atoms with Crippen LogP contribution >= 0.6 is 0 Å². The topological polar surface area (TPSA) is 62.7 Å². The summed E-state index contributed by atoms with van der Waals surface area (Å²) in [5, 5.41) is 9.25. The number of pyridine rings is 1. The van der Waals surface area contributed by atoms with Crippen molar-refractivity contribution >= 4 is 6.09 Å². The molecule has 3 atom stereocenters. The molecule has 1 amide bonds. The number of amides is 1. The van der Waals surface area contributed by atoms with Gasteiger partial charge in [0.15, 0.2) is 0 Å². The molecule has 0 aromatic carbocycles. The number of hydrogen-bond donors (Lipinski definition) is 1. The van der Waals surface area contributed by atoms with Crippen molar-refractivity contribution in [1.82, 2.24) is 9.88 Å². The molecule has 20 heavy (non-hydrogen) atoms. The molecule has 108 valence electrons. The van der Waals surface area contributed by atoms with Crippen molar-refractivity contribution < 1.29 is 14.6 Å². The number of hydrogen-bond acceptors (Lipinski definition) is 3. The molecule has 2 aliphatic heterocycles. The van der Waals surface area contributed by atoms with Gasteiger partial charge in [0.25, 0.3) is 0 Å². The maximum absolute atomic E-state index is 11.3. The highest BCUT2D eigenvalue weighted by Crippen LogP contribution is 2.37. The Labute approximate surface area is 118 Å². The van der Waals surface area contributed by atoms with E-state index in [0.29, 0.717) is 5.88 Å². The molecule has 5 nitrogen and oxygen atoms in total. The molecule has 1 N–H and O–H groups in total.